The molecule has 58 valence electrons. The molecule has 0 atom stereocenters. The molecule has 0 radical (unpaired) electrons. The van der Waals surface area contributed by atoms with Gasteiger partial charge in [0.25, 0.3) is 0 Å². The molecule has 0 unspecified atom stereocenters. The van der Waals surface area contributed by atoms with Gasteiger partial charge in [-0.1, -0.05) is 13.8 Å². The van der Waals surface area contributed by atoms with Crippen LogP contribution in [0, 0.1) is 5.41 Å². The number of halogens is 1. The van der Waals surface area contributed by atoms with E-state index in [1.807, 2.05) is 0 Å². The second-order valence-corrected chi connectivity index (χ2v) is 2.80. The van der Waals surface area contributed by atoms with E-state index in [4.69, 9.17) is 10.5 Å². The fraction of sp³-hybridized carbons (Fsp3) is 1.00. The summed E-state index contributed by atoms with van der Waals surface area (Å²) < 4.78 is 4.92. The maximum Gasteiger partial charge on any atom is 0.0525 e. The van der Waals surface area contributed by atoms with Crippen molar-refractivity contribution in [2.24, 2.45) is 11.1 Å². The minimum absolute atomic E-state index is 0. The molecule has 2 N–H and O–H groups in total. The highest BCUT2D eigenvalue weighted by molar-refractivity contribution is 5.85. The van der Waals surface area contributed by atoms with Gasteiger partial charge in [-0.25, -0.2) is 0 Å². The van der Waals surface area contributed by atoms with E-state index < -0.39 is 0 Å². The molecule has 0 amide bonds. The van der Waals surface area contributed by atoms with Crippen molar-refractivity contribution in [3.8, 4) is 0 Å². The molecule has 0 saturated heterocycles. The summed E-state index contributed by atoms with van der Waals surface area (Å²) in [7, 11) is 1.69. The van der Waals surface area contributed by atoms with E-state index in [-0.39, 0.29) is 17.8 Å². The number of ether oxygens (including phenoxy) is 1. The van der Waals surface area contributed by atoms with E-state index in [1.165, 1.54) is 0 Å². The van der Waals surface area contributed by atoms with Gasteiger partial charge in [-0.3, -0.25) is 0 Å². The van der Waals surface area contributed by atoms with Crippen LogP contribution >= 0.6 is 12.4 Å². The SMILES string of the molecule is COCC(C)(C)CN.Cl. The molecule has 0 aliphatic carbocycles. The van der Waals surface area contributed by atoms with E-state index >= 15 is 0 Å². The van der Waals surface area contributed by atoms with Crippen LogP contribution in [0.2, 0.25) is 0 Å². The molecule has 0 spiro atoms. The number of hydrogen-bond acceptors (Lipinski definition) is 2. The van der Waals surface area contributed by atoms with E-state index in [0.717, 1.165) is 6.61 Å². The predicted molar refractivity (Wildman–Crippen MR) is 42.0 cm³/mol. The first-order chi connectivity index (χ1) is 3.62. The van der Waals surface area contributed by atoms with Crippen LogP contribution in [-0.4, -0.2) is 20.3 Å². The molecule has 2 nitrogen and oxygen atoms in total. The maximum atomic E-state index is 5.41. The Balaban J connectivity index is 0. The number of nitrogens with two attached hydrogens (primary N) is 1. The number of methoxy groups -OCH3 is 1. The van der Waals surface area contributed by atoms with Crippen molar-refractivity contribution in [3.05, 3.63) is 0 Å². The van der Waals surface area contributed by atoms with Crippen LogP contribution < -0.4 is 5.73 Å². The summed E-state index contributed by atoms with van der Waals surface area (Å²) in [6.45, 7) is 5.58. The van der Waals surface area contributed by atoms with Crippen LogP contribution in [0.3, 0.4) is 0 Å². The lowest BCUT2D eigenvalue weighted by Gasteiger charge is -2.20. The summed E-state index contributed by atoms with van der Waals surface area (Å²) in [5, 5.41) is 0. The first-order valence-electron chi connectivity index (χ1n) is 2.81. The second kappa shape index (κ2) is 5.03. The molecule has 0 aromatic rings. The van der Waals surface area contributed by atoms with E-state index in [2.05, 4.69) is 13.8 Å². The molecule has 0 bridgehead atoms. The number of hydrogen-bond donors (Lipinski definition) is 1. The molecule has 0 rings (SSSR count). The average Bonchev–Trinajstić information content (AvgIpc) is 1.67. The summed E-state index contributed by atoms with van der Waals surface area (Å²) in [4.78, 5) is 0. The first kappa shape index (κ1) is 11.9. The second-order valence-electron chi connectivity index (χ2n) is 2.80. The highest BCUT2D eigenvalue weighted by Gasteiger charge is 2.13. The molecule has 0 fully saturated rings. The summed E-state index contributed by atoms with van der Waals surface area (Å²) in [6, 6.07) is 0. The standard InChI is InChI=1S/C6H15NO.ClH/c1-6(2,4-7)5-8-3;/h4-5,7H2,1-3H3;1H. The Bertz CT molecular complexity index is 66.1. The Hall–Kier alpha value is 0.210. The van der Waals surface area contributed by atoms with Crippen LogP contribution in [0.4, 0.5) is 0 Å². The molecule has 0 aliphatic heterocycles. The lowest BCUT2D eigenvalue weighted by molar-refractivity contribution is 0.110. The third-order valence-electron chi connectivity index (χ3n) is 1.09. The van der Waals surface area contributed by atoms with Gasteiger partial charge in [0.2, 0.25) is 0 Å². The predicted octanol–water partition coefficient (Wildman–Crippen LogP) is 1.04. The zero-order chi connectivity index (χ0) is 6.62. The maximum absolute atomic E-state index is 5.41. The molecule has 0 saturated carbocycles. The summed E-state index contributed by atoms with van der Waals surface area (Å²) in [5.41, 5.74) is 5.56. The first-order valence-corrected chi connectivity index (χ1v) is 2.81. The van der Waals surface area contributed by atoms with Gasteiger partial charge in [0.05, 0.1) is 6.61 Å². The lowest BCUT2D eigenvalue weighted by Crippen LogP contribution is -2.28. The highest BCUT2D eigenvalue weighted by atomic mass is 35.5. The van der Waals surface area contributed by atoms with Crippen LogP contribution in [0.15, 0.2) is 0 Å². The zero-order valence-electron chi connectivity index (χ0n) is 6.31. The molecule has 0 heterocycles. The Morgan fingerprint density at radius 3 is 2.00 bits per heavy atom. The molecule has 0 aliphatic rings. The monoisotopic (exact) mass is 153 g/mol. The molecule has 0 aromatic carbocycles. The van der Waals surface area contributed by atoms with Gasteiger partial charge in [0.15, 0.2) is 0 Å². The smallest absolute Gasteiger partial charge is 0.0525 e. The quantitative estimate of drug-likeness (QED) is 0.658. The van der Waals surface area contributed by atoms with E-state index in [9.17, 15) is 0 Å². The van der Waals surface area contributed by atoms with Gasteiger partial charge < -0.3 is 10.5 Å². The van der Waals surface area contributed by atoms with Crippen molar-refractivity contribution in [2.75, 3.05) is 20.3 Å². The average molecular weight is 154 g/mol. The van der Waals surface area contributed by atoms with Crippen molar-refractivity contribution in [1.82, 2.24) is 0 Å². The van der Waals surface area contributed by atoms with Crippen molar-refractivity contribution in [2.45, 2.75) is 13.8 Å². The van der Waals surface area contributed by atoms with E-state index in [1.54, 1.807) is 7.11 Å². The molecule has 0 aromatic heterocycles. The lowest BCUT2D eigenvalue weighted by atomic mass is 9.96. The van der Waals surface area contributed by atoms with Crippen LogP contribution in [0.1, 0.15) is 13.8 Å². The Kier molecular flexibility index (Phi) is 6.68. The van der Waals surface area contributed by atoms with Crippen molar-refractivity contribution in [1.29, 1.82) is 0 Å². The minimum atomic E-state index is 0. The minimum Gasteiger partial charge on any atom is -0.384 e. The number of rotatable bonds is 3. The topological polar surface area (TPSA) is 35.2 Å². The van der Waals surface area contributed by atoms with Crippen LogP contribution in [-0.2, 0) is 4.74 Å². The van der Waals surface area contributed by atoms with E-state index in [0.29, 0.717) is 6.54 Å². The Labute approximate surface area is 63.2 Å². The fourth-order valence-corrected chi connectivity index (χ4v) is 0.450. The van der Waals surface area contributed by atoms with Gasteiger partial charge in [-0.05, 0) is 6.54 Å². The molecule has 3 heteroatoms. The van der Waals surface area contributed by atoms with Gasteiger partial charge in [-0.15, -0.1) is 12.4 Å². The fourth-order valence-electron chi connectivity index (χ4n) is 0.450. The Morgan fingerprint density at radius 2 is 1.89 bits per heavy atom. The van der Waals surface area contributed by atoms with Gasteiger partial charge in [0, 0.05) is 12.5 Å². The molecular formula is C6H16ClNO. The van der Waals surface area contributed by atoms with Crippen molar-refractivity contribution < 1.29 is 4.74 Å². The third-order valence-corrected chi connectivity index (χ3v) is 1.09. The third kappa shape index (κ3) is 6.09. The van der Waals surface area contributed by atoms with Gasteiger partial charge in [0.1, 0.15) is 0 Å². The van der Waals surface area contributed by atoms with Crippen LogP contribution in [0.5, 0.6) is 0 Å². The Morgan fingerprint density at radius 1 is 1.44 bits per heavy atom. The molecular weight excluding hydrogens is 138 g/mol. The summed E-state index contributed by atoms with van der Waals surface area (Å²) >= 11 is 0. The van der Waals surface area contributed by atoms with Crippen molar-refractivity contribution in [3.63, 3.8) is 0 Å². The normalized spacial score (nSPS) is 10.7. The zero-order valence-corrected chi connectivity index (χ0v) is 7.12. The van der Waals surface area contributed by atoms with Gasteiger partial charge in [-0.2, -0.15) is 0 Å². The summed E-state index contributed by atoms with van der Waals surface area (Å²) in [5.74, 6) is 0. The molecule has 9 heavy (non-hydrogen) atoms. The highest BCUT2D eigenvalue weighted by Crippen LogP contribution is 2.11. The largest absolute Gasteiger partial charge is 0.384 e. The summed E-state index contributed by atoms with van der Waals surface area (Å²) in [6.07, 6.45) is 0. The van der Waals surface area contributed by atoms with Crippen molar-refractivity contribution >= 4 is 12.4 Å². The van der Waals surface area contributed by atoms with Crippen LogP contribution in [0.25, 0.3) is 0 Å². The van der Waals surface area contributed by atoms with Gasteiger partial charge >= 0.3 is 0 Å².